The highest BCUT2D eigenvalue weighted by Gasteiger charge is 2.43. The molecule has 1 heterocycles. The molecule has 0 aromatic rings. The molecular formula is C14H28N2O3. The Morgan fingerprint density at radius 3 is 2.68 bits per heavy atom. The maximum absolute atomic E-state index is 11.2. The number of aliphatic hydroxyl groups excluding tert-OH is 2. The molecule has 5 heteroatoms. The SMILES string of the molecule is CCC(CCO)(C(C)O)N1CCCCC1CC(N)=O. The lowest BCUT2D eigenvalue weighted by Crippen LogP contribution is -2.61. The monoisotopic (exact) mass is 272 g/mol. The highest BCUT2D eigenvalue weighted by molar-refractivity contribution is 5.74. The topological polar surface area (TPSA) is 86.8 Å². The van der Waals surface area contributed by atoms with Crippen molar-refractivity contribution in [3.05, 3.63) is 0 Å². The Kier molecular flexibility index (Phi) is 6.23. The van der Waals surface area contributed by atoms with Gasteiger partial charge in [-0.15, -0.1) is 0 Å². The first-order valence-corrected chi connectivity index (χ1v) is 7.32. The fraction of sp³-hybridized carbons (Fsp3) is 0.929. The number of likely N-dealkylation sites (tertiary alicyclic amines) is 1. The molecular weight excluding hydrogens is 244 g/mol. The van der Waals surface area contributed by atoms with E-state index in [2.05, 4.69) is 4.90 Å². The molecule has 19 heavy (non-hydrogen) atoms. The van der Waals surface area contributed by atoms with Gasteiger partial charge in [0.1, 0.15) is 0 Å². The van der Waals surface area contributed by atoms with Gasteiger partial charge in [0.2, 0.25) is 5.91 Å². The summed E-state index contributed by atoms with van der Waals surface area (Å²) in [7, 11) is 0. The second-order valence-electron chi connectivity index (χ2n) is 5.62. The van der Waals surface area contributed by atoms with Crippen molar-refractivity contribution in [2.45, 2.75) is 70.1 Å². The maximum Gasteiger partial charge on any atom is 0.218 e. The fourth-order valence-corrected chi connectivity index (χ4v) is 3.49. The molecule has 1 saturated heterocycles. The minimum Gasteiger partial charge on any atom is -0.396 e. The number of carbonyl (C=O) groups excluding carboxylic acids is 1. The van der Waals surface area contributed by atoms with Crippen molar-refractivity contribution in [2.75, 3.05) is 13.2 Å². The number of carbonyl (C=O) groups is 1. The van der Waals surface area contributed by atoms with Crippen LogP contribution in [0.5, 0.6) is 0 Å². The first-order chi connectivity index (χ1) is 8.97. The lowest BCUT2D eigenvalue weighted by Gasteiger charge is -2.51. The summed E-state index contributed by atoms with van der Waals surface area (Å²) in [5, 5.41) is 19.6. The lowest BCUT2D eigenvalue weighted by molar-refractivity contribution is -0.123. The number of hydrogen-bond acceptors (Lipinski definition) is 4. The van der Waals surface area contributed by atoms with Crippen LogP contribution in [0.15, 0.2) is 0 Å². The number of nitrogens with two attached hydrogens (primary N) is 1. The van der Waals surface area contributed by atoms with E-state index in [0.717, 1.165) is 32.2 Å². The number of nitrogens with zero attached hydrogens (tertiary/aromatic N) is 1. The van der Waals surface area contributed by atoms with Gasteiger partial charge in [-0.25, -0.2) is 0 Å². The number of primary amides is 1. The van der Waals surface area contributed by atoms with Gasteiger partial charge in [-0.2, -0.15) is 0 Å². The van der Waals surface area contributed by atoms with E-state index in [4.69, 9.17) is 5.73 Å². The first-order valence-electron chi connectivity index (χ1n) is 7.32. The zero-order valence-electron chi connectivity index (χ0n) is 12.1. The van der Waals surface area contributed by atoms with Gasteiger partial charge in [0.05, 0.1) is 6.10 Å². The van der Waals surface area contributed by atoms with E-state index in [1.807, 2.05) is 6.92 Å². The summed E-state index contributed by atoms with van der Waals surface area (Å²) in [4.78, 5) is 13.5. The number of rotatable bonds is 7. The fourth-order valence-electron chi connectivity index (χ4n) is 3.49. The van der Waals surface area contributed by atoms with Gasteiger partial charge in [-0.3, -0.25) is 9.69 Å². The standard InChI is InChI=1S/C14H28N2O3/c1-3-14(7-9-17,11(2)18)16-8-5-4-6-12(16)10-13(15)19/h11-12,17-18H,3-10H2,1-2H3,(H2,15,19). The third-order valence-electron chi connectivity index (χ3n) is 4.57. The maximum atomic E-state index is 11.2. The van der Waals surface area contributed by atoms with Crippen molar-refractivity contribution in [3.8, 4) is 0 Å². The Labute approximate surface area is 115 Å². The smallest absolute Gasteiger partial charge is 0.218 e. The van der Waals surface area contributed by atoms with E-state index in [9.17, 15) is 15.0 Å². The van der Waals surface area contributed by atoms with Gasteiger partial charge in [0, 0.05) is 24.6 Å². The third-order valence-corrected chi connectivity index (χ3v) is 4.57. The molecule has 1 aliphatic rings. The predicted octanol–water partition coefficient (Wildman–Crippen LogP) is 0.628. The molecule has 0 aliphatic carbocycles. The van der Waals surface area contributed by atoms with Crippen molar-refractivity contribution in [1.29, 1.82) is 0 Å². The molecule has 0 aromatic carbocycles. The third kappa shape index (κ3) is 3.68. The van der Waals surface area contributed by atoms with E-state index in [1.165, 1.54) is 0 Å². The summed E-state index contributed by atoms with van der Waals surface area (Å²) in [5.74, 6) is -0.295. The van der Waals surface area contributed by atoms with Crippen LogP contribution in [0.2, 0.25) is 0 Å². The van der Waals surface area contributed by atoms with Crippen LogP contribution in [-0.4, -0.2) is 51.9 Å². The molecule has 3 atom stereocenters. The summed E-state index contributed by atoms with van der Waals surface area (Å²) >= 11 is 0. The van der Waals surface area contributed by atoms with Crippen LogP contribution < -0.4 is 5.73 Å². The van der Waals surface area contributed by atoms with Crippen LogP contribution in [-0.2, 0) is 4.79 Å². The molecule has 0 saturated carbocycles. The molecule has 0 aromatic heterocycles. The summed E-state index contributed by atoms with van der Waals surface area (Å²) in [6.07, 6.45) is 4.15. The molecule has 1 amide bonds. The number of amides is 1. The summed E-state index contributed by atoms with van der Waals surface area (Å²) in [6, 6.07) is 0.0901. The molecule has 5 nitrogen and oxygen atoms in total. The average molecular weight is 272 g/mol. The van der Waals surface area contributed by atoms with Crippen molar-refractivity contribution < 1.29 is 15.0 Å². The first kappa shape index (κ1) is 16.4. The summed E-state index contributed by atoms with van der Waals surface area (Å²) in [5.41, 5.74) is 4.89. The summed E-state index contributed by atoms with van der Waals surface area (Å²) < 4.78 is 0. The van der Waals surface area contributed by atoms with E-state index < -0.39 is 11.6 Å². The van der Waals surface area contributed by atoms with Crippen LogP contribution >= 0.6 is 0 Å². The molecule has 0 spiro atoms. The Morgan fingerprint density at radius 2 is 2.21 bits per heavy atom. The second-order valence-corrected chi connectivity index (χ2v) is 5.62. The lowest BCUT2D eigenvalue weighted by atomic mass is 9.81. The highest BCUT2D eigenvalue weighted by atomic mass is 16.3. The largest absolute Gasteiger partial charge is 0.396 e. The minimum absolute atomic E-state index is 0.0402. The van der Waals surface area contributed by atoms with Gasteiger partial charge in [-0.1, -0.05) is 13.3 Å². The van der Waals surface area contributed by atoms with Gasteiger partial charge >= 0.3 is 0 Å². The van der Waals surface area contributed by atoms with E-state index >= 15 is 0 Å². The quantitative estimate of drug-likeness (QED) is 0.634. The molecule has 1 aliphatic heterocycles. The Hall–Kier alpha value is -0.650. The van der Waals surface area contributed by atoms with Gasteiger partial charge in [0.15, 0.2) is 0 Å². The highest BCUT2D eigenvalue weighted by Crippen LogP contribution is 2.35. The van der Waals surface area contributed by atoms with Crippen LogP contribution in [0.4, 0.5) is 0 Å². The number of piperidine rings is 1. The van der Waals surface area contributed by atoms with E-state index in [1.54, 1.807) is 6.92 Å². The minimum atomic E-state index is -0.543. The van der Waals surface area contributed by atoms with Gasteiger partial charge in [0.25, 0.3) is 0 Å². The Morgan fingerprint density at radius 1 is 1.53 bits per heavy atom. The molecule has 1 fully saturated rings. The van der Waals surface area contributed by atoms with Crippen LogP contribution in [0.3, 0.4) is 0 Å². The zero-order valence-corrected chi connectivity index (χ0v) is 12.1. The van der Waals surface area contributed by atoms with E-state index in [0.29, 0.717) is 12.8 Å². The van der Waals surface area contributed by atoms with Crippen molar-refractivity contribution in [3.63, 3.8) is 0 Å². The molecule has 3 unspecified atom stereocenters. The van der Waals surface area contributed by atoms with Gasteiger partial charge < -0.3 is 15.9 Å². The molecule has 4 N–H and O–H groups in total. The van der Waals surface area contributed by atoms with Crippen LogP contribution in [0.25, 0.3) is 0 Å². The predicted molar refractivity (Wildman–Crippen MR) is 74.6 cm³/mol. The van der Waals surface area contributed by atoms with Gasteiger partial charge in [-0.05, 0) is 39.2 Å². The molecule has 0 bridgehead atoms. The molecule has 112 valence electrons. The zero-order chi connectivity index (χ0) is 14.5. The van der Waals surface area contributed by atoms with Crippen LogP contribution in [0.1, 0.15) is 52.4 Å². The molecule has 0 radical (unpaired) electrons. The number of hydrogen-bond donors (Lipinski definition) is 3. The second kappa shape index (κ2) is 7.22. The van der Waals surface area contributed by atoms with E-state index in [-0.39, 0.29) is 18.6 Å². The summed E-state index contributed by atoms with van der Waals surface area (Å²) in [6.45, 7) is 4.70. The number of aliphatic hydroxyl groups is 2. The van der Waals surface area contributed by atoms with Crippen molar-refractivity contribution in [1.82, 2.24) is 4.90 Å². The Bertz CT molecular complexity index is 296. The normalized spacial score (nSPS) is 25.8. The average Bonchev–Trinajstić information content (AvgIpc) is 2.36. The van der Waals surface area contributed by atoms with Crippen molar-refractivity contribution in [2.24, 2.45) is 5.73 Å². The Balaban J connectivity index is 2.98. The van der Waals surface area contributed by atoms with Crippen LogP contribution in [0, 0.1) is 0 Å². The van der Waals surface area contributed by atoms with Crippen molar-refractivity contribution >= 4 is 5.91 Å². The molecule has 1 rings (SSSR count).